The molecule has 0 spiro atoms. The van der Waals surface area contributed by atoms with Crippen LogP contribution in [0.3, 0.4) is 0 Å². The first kappa shape index (κ1) is 40.7. The van der Waals surface area contributed by atoms with Gasteiger partial charge in [0.1, 0.15) is 0 Å². The topological polar surface area (TPSA) is 0 Å². The average Bonchev–Trinajstić information content (AvgIpc) is 3.22. The molecule has 0 heteroatoms. The highest BCUT2D eigenvalue weighted by atomic mass is 14.6. The van der Waals surface area contributed by atoms with Crippen LogP contribution in [0.5, 0.6) is 0 Å². The molecule has 16 atom stereocenters. The lowest BCUT2D eigenvalue weighted by Crippen LogP contribution is -2.51. The Kier molecular flexibility index (Phi) is 14.0. The molecule has 0 amide bonds. The van der Waals surface area contributed by atoms with Crippen molar-refractivity contribution in [2.24, 2.45) is 101 Å². The van der Waals surface area contributed by atoms with Crippen molar-refractivity contribution in [2.75, 3.05) is 0 Å². The zero-order chi connectivity index (χ0) is 37.9. The summed E-state index contributed by atoms with van der Waals surface area (Å²) in [6.45, 7) is 12.9. The van der Waals surface area contributed by atoms with E-state index >= 15 is 0 Å². The van der Waals surface area contributed by atoms with Crippen LogP contribution in [0, 0.1) is 101 Å². The molecule has 0 heterocycles. The van der Waals surface area contributed by atoms with E-state index in [9.17, 15) is 0 Å². The molecule has 0 nitrogen and oxygen atoms in total. The number of hydrogen-bond acceptors (Lipinski definition) is 0. The predicted octanol–water partition coefficient (Wildman–Crippen LogP) is 16.4. The number of unbranched alkanes of at least 4 members (excludes halogenated alkanes) is 1. The summed E-state index contributed by atoms with van der Waals surface area (Å²) in [4.78, 5) is 0. The van der Waals surface area contributed by atoms with E-state index in [1.54, 1.807) is 32.1 Å². The molecule has 0 N–H and O–H groups in total. The second-order valence-corrected chi connectivity index (χ2v) is 22.3. The first-order chi connectivity index (χ1) is 26.9. The molecule has 308 valence electrons. The predicted molar refractivity (Wildman–Crippen MR) is 238 cm³/mol. The number of fused-ring (bicyclic) bond motifs is 3. The van der Waals surface area contributed by atoms with Gasteiger partial charge in [0.2, 0.25) is 0 Å². The summed E-state index contributed by atoms with van der Waals surface area (Å²) in [6.07, 6.45) is 53.1. The quantitative estimate of drug-likeness (QED) is 0.185. The summed E-state index contributed by atoms with van der Waals surface area (Å²) in [5.74, 6) is 15.7. The third-order valence-corrected chi connectivity index (χ3v) is 19.5. The van der Waals surface area contributed by atoms with E-state index in [4.69, 9.17) is 0 Å². The molecule has 0 aromatic rings. The first-order valence-electron chi connectivity index (χ1n) is 25.6. The fraction of sp³-hybridized carbons (Fsp3) is 0.855. The van der Waals surface area contributed by atoms with Gasteiger partial charge in [-0.15, -0.1) is 0 Å². The van der Waals surface area contributed by atoms with Gasteiger partial charge in [-0.3, -0.25) is 0 Å². The van der Waals surface area contributed by atoms with E-state index in [1.165, 1.54) is 128 Å². The summed E-state index contributed by atoms with van der Waals surface area (Å²) in [6, 6.07) is 0. The van der Waals surface area contributed by atoms with Crippen LogP contribution < -0.4 is 0 Å². The van der Waals surface area contributed by atoms with Crippen molar-refractivity contribution in [2.45, 2.75) is 195 Å². The van der Waals surface area contributed by atoms with Crippen LogP contribution in [0.15, 0.2) is 47.6 Å². The minimum Gasteiger partial charge on any atom is -0.0882 e. The summed E-state index contributed by atoms with van der Waals surface area (Å²) in [7, 11) is 0. The van der Waals surface area contributed by atoms with Gasteiger partial charge >= 0.3 is 0 Å². The lowest BCUT2D eigenvalue weighted by molar-refractivity contribution is -0.0794. The summed E-state index contributed by atoms with van der Waals surface area (Å²) in [5.41, 5.74) is 3.79. The zero-order valence-electron chi connectivity index (χ0n) is 37.0. The van der Waals surface area contributed by atoms with Crippen molar-refractivity contribution in [3.05, 3.63) is 47.6 Å². The van der Waals surface area contributed by atoms with Crippen LogP contribution in [0.1, 0.15) is 195 Å². The maximum Gasteiger partial charge on any atom is -0.0163 e. The van der Waals surface area contributed by atoms with Gasteiger partial charge in [-0.1, -0.05) is 146 Å². The standard InChI is InChI=1S/C55H88/c1-6-8-26-48-38(5)54(47-32-31-40-18-9-10-20-43(40)34-47)51-28-13-14-29-52(51)55(48)46-25-15-22-42(33-46)39(7-2)36-53(37(3)4)45-24-16-23-44(35-45)50-30-17-21-41-19-11-12-27-49(41)50/h7,13-15,23,25,37-38,40-43,45-55H,6,8-12,16-22,24,26-36H2,1-5H3/b39-7+. The molecule has 0 bridgehead atoms. The van der Waals surface area contributed by atoms with E-state index in [1.807, 2.05) is 11.1 Å². The SMILES string of the molecule is C/C=C(\CC(C(C)C)C1CCC=C(C2CCCC3CCCCC32)C1)C1CC=CC(C2C(CCCC)C(C)C(C3CCC4CCCCC4C3)C3CC=CCC32)C1. The summed E-state index contributed by atoms with van der Waals surface area (Å²) >= 11 is 0. The summed E-state index contributed by atoms with van der Waals surface area (Å²) in [5, 5.41) is 0. The average molecular weight is 749 g/mol. The maximum absolute atomic E-state index is 2.81. The van der Waals surface area contributed by atoms with Crippen molar-refractivity contribution < 1.29 is 0 Å². The van der Waals surface area contributed by atoms with E-state index in [0.29, 0.717) is 0 Å². The van der Waals surface area contributed by atoms with Crippen LogP contribution in [0.2, 0.25) is 0 Å². The van der Waals surface area contributed by atoms with Crippen LogP contribution in [-0.2, 0) is 0 Å². The van der Waals surface area contributed by atoms with E-state index < -0.39 is 0 Å². The fourth-order valence-electron chi connectivity index (χ4n) is 16.9. The van der Waals surface area contributed by atoms with E-state index in [2.05, 4.69) is 71.1 Å². The Morgan fingerprint density at radius 3 is 2.24 bits per heavy atom. The smallest absolute Gasteiger partial charge is 0.0163 e. The highest BCUT2D eigenvalue weighted by molar-refractivity contribution is 5.19. The maximum atomic E-state index is 2.81. The lowest BCUT2D eigenvalue weighted by Gasteiger charge is -2.58. The Hall–Kier alpha value is -1.04. The molecule has 0 saturated heterocycles. The monoisotopic (exact) mass is 749 g/mol. The molecule has 5 fully saturated rings. The summed E-state index contributed by atoms with van der Waals surface area (Å²) < 4.78 is 0. The highest BCUT2D eigenvalue weighted by Gasteiger charge is 2.53. The molecule has 55 heavy (non-hydrogen) atoms. The zero-order valence-corrected chi connectivity index (χ0v) is 37.0. The van der Waals surface area contributed by atoms with Crippen molar-refractivity contribution in [1.82, 2.24) is 0 Å². The molecule has 5 saturated carbocycles. The molecule has 8 aliphatic carbocycles. The molecule has 16 unspecified atom stereocenters. The minimum absolute atomic E-state index is 0.764. The van der Waals surface area contributed by atoms with Gasteiger partial charge in [-0.25, -0.2) is 0 Å². The number of hydrogen-bond donors (Lipinski definition) is 0. The second-order valence-electron chi connectivity index (χ2n) is 22.3. The van der Waals surface area contributed by atoms with Gasteiger partial charge in [0.15, 0.2) is 0 Å². The normalized spacial score (nSPS) is 44.3. The van der Waals surface area contributed by atoms with Crippen LogP contribution in [0.25, 0.3) is 0 Å². The Morgan fingerprint density at radius 1 is 0.727 bits per heavy atom. The molecule has 0 radical (unpaired) electrons. The molecule has 0 aliphatic heterocycles. The lowest BCUT2D eigenvalue weighted by atomic mass is 9.47. The molecular formula is C55H88. The van der Waals surface area contributed by atoms with E-state index in [-0.39, 0.29) is 0 Å². The van der Waals surface area contributed by atoms with Crippen molar-refractivity contribution >= 4 is 0 Å². The molecule has 0 aromatic heterocycles. The molecular weight excluding hydrogens is 661 g/mol. The van der Waals surface area contributed by atoms with Crippen LogP contribution in [-0.4, -0.2) is 0 Å². The Morgan fingerprint density at radius 2 is 1.45 bits per heavy atom. The molecule has 8 rings (SSSR count). The van der Waals surface area contributed by atoms with Gasteiger partial charge in [0.25, 0.3) is 0 Å². The molecule has 8 aliphatic rings. The van der Waals surface area contributed by atoms with Crippen LogP contribution in [0.4, 0.5) is 0 Å². The van der Waals surface area contributed by atoms with Crippen LogP contribution >= 0.6 is 0 Å². The number of allylic oxidation sites excluding steroid dienone is 8. The number of rotatable bonds is 11. The Balaban J connectivity index is 0.976. The third kappa shape index (κ3) is 8.81. The largest absolute Gasteiger partial charge is 0.0882 e. The van der Waals surface area contributed by atoms with Crippen molar-refractivity contribution in [3.8, 4) is 0 Å². The second kappa shape index (κ2) is 18.9. The Labute approximate surface area is 342 Å². The van der Waals surface area contributed by atoms with Gasteiger partial charge < -0.3 is 0 Å². The fourth-order valence-corrected chi connectivity index (χ4v) is 16.9. The van der Waals surface area contributed by atoms with Gasteiger partial charge in [-0.2, -0.15) is 0 Å². The van der Waals surface area contributed by atoms with Crippen molar-refractivity contribution in [3.63, 3.8) is 0 Å². The Bertz CT molecular complexity index is 1340. The highest BCUT2D eigenvalue weighted by Crippen LogP contribution is 2.60. The van der Waals surface area contributed by atoms with Crippen molar-refractivity contribution in [1.29, 1.82) is 0 Å². The molecule has 0 aromatic carbocycles. The first-order valence-corrected chi connectivity index (χ1v) is 25.6. The third-order valence-electron chi connectivity index (χ3n) is 19.5. The van der Waals surface area contributed by atoms with E-state index in [0.717, 1.165) is 101 Å². The van der Waals surface area contributed by atoms with Gasteiger partial charge in [0, 0.05) is 0 Å². The minimum atomic E-state index is 0.764. The van der Waals surface area contributed by atoms with Gasteiger partial charge in [-0.05, 0) is 197 Å². The van der Waals surface area contributed by atoms with Gasteiger partial charge in [0.05, 0.1) is 0 Å².